The van der Waals surface area contributed by atoms with Gasteiger partial charge in [0.25, 0.3) is 0 Å². The number of nitrogens with zero attached hydrogens (tertiary/aromatic N) is 2. The molecule has 4 nitrogen and oxygen atoms in total. The van der Waals surface area contributed by atoms with Crippen molar-refractivity contribution in [3.63, 3.8) is 0 Å². The molecule has 0 saturated heterocycles. The van der Waals surface area contributed by atoms with E-state index in [0.717, 1.165) is 5.69 Å². The fourth-order valence-electron chi connectivity index (χ4n) is 1.25. The molecule has 0 aliphatic carbocycles. The standard InChI is InChI=1S/C10H16N2O2/c1-8(13)7-12(2)9-4-5-11-10(6-9)14-3/h4-6,8,13H,7H2,1-3H3. The lowest BCUT2D eigenvalue weighted by Crippen LogP contribution is -2.26. The molecule has 0 aliphatic heterocycles. The molecule has 1 unspecified atom stereocenters. The quantitative estimate of drug-likeness (QED) is 0.777. The Morgan fingerprint density at radius 3 is 2.93 bits per heavy atom. The molecule has 78 valence electrons. The SMILES string of the molecule is COc1cc(N(C)CC(C)O)ccn1. The summed E-state index contributed by atoms with van der Waals surface area (Å²) in [5.74, 6) is 0.583. The van der Waals surface area contributed by atoms with Crippen LogP contribution in [-0.2, 0) is 0 Å². The van der Waals surface area contributed by atoms with Gasteiger partial charge in [-0.3, -0.25) is 0 Å². The van der Waals surface area contributed by atoms with Crippen LogP contribution in [0.2, 0.25) is 0 Å². The van der Waals surface area contributed by atoms with E-state index < -0.39 is 0 Å². The number of aliphatic hydroxyl groups excluding tert-OH is 1. The Bertz CT molecular complexity index is 289. The van der Waals surface area contributed by atoms with Crippen molar-refractivity contribution < 1.29 is 9.84 Å². The molecule has 0 bridgehead atoms. The molecular formula is C10H16N2O2. The predicted molar refractivity (Wildman–Crippen MR) is 55.7 cm³/mol. The molecule has 4 heteroatoms. The van der Waals surface area contributed by atoms with Crippen molar-refractivity contribution in [3.05, 3.63) is 18.3 Å². The van der Waals surface area contributed by atoms with Gasteiger partial charge in [0, 0.05) is 31.5 Å². The third-order valence-corrected chi connectivity index (χ3v) is 1.91. The number of methoxy groups -OCH3 is 1. The third kappa shape index (κ3) is 2.88. The Morgan fingerprint density at radius 2 is 2.36 bits per heavy atom. The van der Waals surface area contributed by atoms with Gasteiger partial charge in [0.05, 0.1) is 13.2 Å². The molecule has 1 heterocycles. The molecule has 1 aromatic heterocycles. The summed E-state index contributed by atoms with van der Waals surface area (Å²) in [5.41, 5.74) is 0.984. The number of rotatable bonds is 4. The van der Waals surface area contributed by atoms with Gasteiger partial charge in [-0.25, -0.2) is 4.98 Å². The summed E-state index contributed by atoms with van der Waals surface area (Å²) in [5, 5.41) is 9.22. The van der Waals surface area contributed by atoms with Gasteiger partial charge in [-0.05, 0) is 13.0 Å². The van der Waals surface area contributed by atoms with E-state index in [1.54, 1.807) is 20.2 Å². The second-order valence-electron chi connectivity index (χ2n) is 3.29. The minimum atomic E-state index is -0.348. The van der Waals surface area contributed by atoms with E-state index in [-0.39, 0.29) is 6.10 Å². The highest BCUT2D eigenvalue weighted by Crippen LogP contribution is 2.17. The maximum absolute atomic E-state index is 9.22. The molecule has 0 fully saturated rings. The Morgan fingerprint density at radius 1 is 1.64 bits per heavy atom. The molecule has 14 heavy (non-hydrogen) atoms. The summed E-state index contributed by atoms with van der Waals surface area (Å²) >= 11 is 0. The molecule has 0 amide bonds. The minimum Gasteiger partial charge on any atom is -0.481 e. The Kier molecular flexibility index (Phi) is 3.71. The highest BCUT2D eigenvalue weighted by Gasteiger charge is 2.05. The first-order chi connectivity index (χ1) is 6.63. The van der Waals surface area contributed by atoms with Crippen LogP contribution in [0.15, 0.2) is 18.3 Å². The maximum atomic E-state index is 9.22. The largest absolute Gasteiger partial charge is 0.481 e. The third-order valence-electron chi connectivity index (χ3n) is 1.91. The topological polar surface area (TPSA) is 45.6 Å². The van der Waals surface area contributed by atoms with Crippen molar-refractivity contribution >= 4 is 5.69 Å². The molecule has 1 rings (SSSR count). The van der Waals surface area contributed by atoms with E-state index in [2.05, 4.69) is 4.98 Å². The molecule has 1 N–H and O–H groups in total. The van der Waals surface area contributed by atoms with Gasteiger partial charge in [-0.1, -0.05) is 0 Å². The van der Waals surface area contributed by atoms with Crippen LogP contribution in [0.5, 0.6) is 5.88 Å². The highest BCUT2D eigenvalue weighted by molar-refractivity contribution is 5.47. The Hall–Kier alpha value is -1.29. The van der Waals surface area contributed by atoms with E-state index >= 15 is 0 Å². The van der Waals surface area contributed by atoms with Gasteiger partial charge >= 0.3 is 0 Å². The molecule has 0 radical (unpaired) electrons. The summed E-state index contributed by atoms with van der Waals surface area (Å²) < 4.78 is 5.01. The summed E-state index contributed by atoms with van der Waals surface area (Å²) in [7, 11) is 3.50. The highest BCUT2D eigenvalue weighted by atomic mass is 16.5. The van der Waals surface area contributed by atoms with E-state index in [0.29, 0.717) is 12.4 Å². The van der Waals surface area contributed by atoms with Crippen LogP contribution < -0.4 is 9.64 Å². The summed E-state index contributed by atoms with van der Waals surface area (Å²) in [6.07, 6.45) is 1.34. The van der Waals surface area contributed by atoms with Crippen LogP contribution in [0.1, 0.15) is 6.92 Å². The monoisotopic (exact) mass is 196 g/mol. The first-order valence-corrected chi connectivity index (χ1v) is 4.52. The lowest BCUT2D eigenvalue weighted by Gasteiger charge is -2.20. The summed E-state index contributed by atoms with van der Waals surface area (Å²) in [6, 6.07) is 3.72. The number of aliphatic hydroxyl groups is 1. The van der Waals surface area contributed by atoms with Gasteiger partial charge in [-0.15, -0.1) is 0 Å². The number of aromatic nitrogens is 1. The van der Waals surface area contributed by atoms with Crippen LogP contribution in [0.4, 0.5) is 5.69 Å². The van der Waals surface area contributed by atoms with Crippen molar-refractivity contribution in [2.45, 2.75) is 13.0 Å². The van der Waals surface area contributed by atoms with Gasteiger partial charge in [0.15, 0.2) is 0 Å². The number of likely N-dealkylation sites (N-methyl/N-ethyl adjacent to an activating group) is 1. The zero-order valence-electron chi connectivity index (χ0n) is 8.77. The maximum Gasteiger partial charge on any atom is 0.214 e. The van der Waals surface area contributed by atoms with E-state index in [1.807, 2.05) is 24.1 Å². The van der Waals surface area contributed by atoms with E-state index in [4.69, 9.17) is 4.74 Å². The minimum absolute atomic E-state index is 0.348. The molecule has 1 aromatic rings. The van der Waals surface area contributed by atoms with Crippen LogP contribution in [-0.4, -0.2) is 36.9 Å². The number of hydrogen-bond acceptors (Lipinski definition) is 4. The van der Waals surface area contributed by atoms with Crippen molar-refractivity contribution in [3.8, 4) is 5.88 Å². The lowest BCUT2D eigenvalue weighted by molar-refractivity contribution is 0.201. The number of pyridine rings is 1. The Balaban J connectivity index is 2.73. The van der Waals surface area contributed by atoms with Crippen LogP contribution in [0.25, 0.3) is 0 Å². The molecular weight excluding hydrogens is 180 g/mol. The average Bonchev–Trinajstić information content (AvgIpc) is 2.17. The van der Waals surface area contributed by atoms with Crippen molar-refractivity contribution in [2.24, 2.45) is 0 Å². The second kappa shape index (κ2) is 4.81. The van der Waals surface area contributed by atoms with Crippen molar-refractivity contribution in [2.75, 3.05) is 25.6 Å². The molecule has 0 aromatic carbocycles. The van der Waals surface area contributed by atoms with Crippen LogP contribution >= 0.6 is 0 Å². The lowest BCUT2D eigenvalue weighted by atomic mass is 10.3. The number of ether oxygens (including phenoxy) is 1. The van der Waals surface area contributed by atoms with Gasteiger partial charge in [-0.2, -0.15) is 0 Å². The fourth-order valence-corrected chi connectivity index (χ4v) is 1.25. The Labute approximate surface area is 84.1 Å². The predicted octanol–water partition coefficient (Wildman–Crippen LogP) is 0.907. The summed E-state index contributed by atoms with van der Waals surface area (Å²) in [4.78, 5) is 5.96. The number of hydrogen-bond donors (Lipinski definition) is 1. The zero-order valence-corrected chi connectivity index (χ0v) is 8.77. The zero-order chi connectivity index (χ0) is 10.6. The number of anilines is 1. The van der Waals surface area contributed by atoms with E-state index in [1.165, 1.54) is 0 Å². The van der Waals surface area contributed by atoms with Gasteiger partial charge in [0.2, 0.25) is 5.88 Å². The van der Waals surface area contributed by atoms with Gasteiger partial charge in [0.1, 0.15) is 0 Å². The average molecular weight is 196 g/mol. The first-order valence-electron chi connectivity index (χ1n) is 4.52. The van der Waals surface area contributed by atoms with E-state index in [9.17, 15) is 5.11 Å². The molecule has 1 atom stereocenters. The molecule has 0 spiro atoms. The summed E-state index contributed by atoms with van der Waals surface area (Å²) in [6.45, 7) is 2.35. The normalized spacial score (nSPS) is 12.3. The van der Waals surface area contributed by atoms with Crippen molar-refractivity contribution in [1.82, 2.24) is 4.98 Å². The molecule has 0 saturated carbocycles. The molecule has 0 aliphatic rings. The van der Waals surface area contributed by atoms with Gasteiger partial charge < -0.3 is 14.7 Å². The van der Waals surface area contributed by atoms with Crippen molar-refractivity contribution in [1.29, 1.82) is 0 Å². The second-order valence-corrected chi connectivity index (χ2v) is 3.29. The van der Waals surface area contributed by atoms with Crippen LogP contribution in [0.3, 0.4) is 0 Å². The fraction of sp³-hybridized carbons (Fsp3) is 0.500. The van der Waals surface area contributed by atoms with Crippen LogP contribution in [0, 0.1) is 0 Å². The smallest absolute Gasteiger partial charge is 0.214 e. The first kappa shape index (κ1) is 10.8.